The fourth-order valence-electron chi connectivity index (χ4n) is 2.74. The molecule has 1 aromatic rings. The van der Waals surface area contributed by atoms with E-state index in [1.807, 2.05) is 17.7 Å². The largest absolute Gasteiger partial charge is 0.481 e. The normalized spacial score (nSPS) is 22.0. The van der Waals surface area contributed by atoms with E-state index in [1.54, 1.807) is 17.4 Å². The maximum absolute atomic E-state index is 12.1. The second kappa shape index (κ2) is 6.60. The fourth-order valence-corrected chi connectivity index (χ4v) is 2.74. The topological polar surface area (TPSA) is 87.5 Å². The van der Waals surface area contributed by atoms with Gasteiger partial charge in [0.1, 0.15) is 0 Å². The molecule has 7 nitrogen and oxygen atoms in total. The number of carboxylic acids is 1. The minimum absolute atomic E-state index is 0.186. The van der Waals surface area contributed by atoms with Gasteiger partial charge >= 0.3 is 12.0 Å². The molecule has 21 heavy (non-hydrogen) atoms. The maximum atomic E-state index is 12.1. The van der Waals surface area contributed by atoms with Crippen molar-refractivity contribution in [3.05, 3.63) is 18.7 Å². The SMILES string of the molecule is CCC1(C(=O)O)CCCN(C(=O)NCCn2ccnc2)C1. The number of piperidine rings is 1. The Kier molecular flexibility index (Phi) is 4.82. The van der Waals surface area contributed by atoms with Crippen molar-refractivity contribution in [3.8, 4) is 0 Å². The summed E-state index contributed by atoms with van der Waals surface area (Å²) in [6.45, 7) is 3.92. The monoisotopic (exact) mass is 294 g/mol. The lowest BCUT2D eigenvalue weighted by Gasteiger charge is -2.39. The van der Waals surface area contributed by atoms with E-state index >= 15 is 0 Å². The van der Waals surface area contributed by atoms with Gasteiger partial charge in [-0.1, -0.05) is 6.92 Å². The molecule has 0 saturated carbocycles. The van der Waals surface area contributed by atoms with Gasteiger partial charge in [0, 0.05) is 38.6 Å². The summed E-state index contributed by atoms with van der Waals surface area (Å²) >= 11 is 0. The molecule has 2 amide bonds. The zero-order valence-corrected chi connectivity index (χ0v) is 12.3. The number of hydrogen-bond donors (Lipinski definition) is 2. The highest BCUT2D eigenvalue weighted by Crippen LogP contribution is 2.33. The molecule has 1 aliphatic heterocycles. The van der Waals surface area contributed by atoms with Crippen LogP contribution in [0.15, 0.2) is 18.7 Å². The van der Waals surface area contributed by atoms with Crippen molar-refractivity contribution >= 4 is 12.0 Å². The lowest BCUT2D eigenvalue weighted by Crippen LogP contribution is -2.52. The first kappa shape index (κ1) is 15.3. The van der Waals surface area contributed by atoms with Crippen molar-refractivity contribution in [1.82, 2.24) is 19.8 Å². The number of nitrogens with one attached hydrogen (secondary N) is 1. The minimum Gasteiger partial charge on any atom is -0.481 e. The highest BCUT2D eigenvalue weighted by Gasteiger charge is 2.42. The number of rotatable bonds is 5. The highest BCUT2D eigenvalue weighted by atomic mass is 16.4. The van der Waals surface area contributed by atoms with Gasteiger partial charge in [-0.05, 0) is 19.3 Å². The minimum atomic E-state index is -0.805. The van der Waals surface area contributed by atoms with Gasteiger partial charge in [-0.2, -0.15) is 0 Å². The summed E-state index contributed by atoms with van der Waals surface area (Å²) in [7, 11) is 0. The number of carbonyl (C=O) groups is 2. The average molecular weight is 294 g/mol. The Labute approximate surface area is 124 Å². The van der Waals surface area contributed by atoms with Crippen LogP contribution in [0.4, 0.5) is 4.79 Å². The van der Waals surface area contributed by atoms with E-state index in [0.717, 1.165) is 6.42 Å². The third-order valence-corrected chi connectivity index (χ3v) is 4.20. The molecule has 7 heteroatoms. The predicted octanol–water partition coefficient (Wildman–Crippen LogP) is 1.17. The van der Waals surface area contributed by atoms with Crippen LogP contribution in [0.25, 0.3) is 0 Å². The van der Waals surface area contributed by atoms with Crippen LogP contribution in [0.3, 0.4) is 0 Å². The number of hydrogen-bond acceptors (Lipinski definition) is 3. The lowest BCUT2D eigenvalue weighted by molar-refractivity contribution is -0.152. The quantitative estimate of drug-likeness (QED) is 0.853. The smallest absolute Gasteiger partial charge is 0.317 e. The first-order chi connectivity index (χ1) is 10.1. The Balaban J connectivity index is 1.85. The Bertz CT molecular complexity index is 488. The molecule has 0 bridgehead atoms. The molecule has 2 rings (SSSR count). The summed E-state index contributed by atoms with van der Waals surface area (Å²) in [5.74, 6) is -0.805. The van der Waals surface area contributed by atoms with E-state index in [4.69, 9.17) is 0 Å². The van der Waals surface area contributed by atoms with Gasteiger partial charge in [-0.25, -0.2) is 9.78 Å². The van der Waals surface area contributed by atoms with Gasteiger partial charge in [-0.3, -0.25) is 4.79 Å². The van der Waals surface area contributed by atoms with E-state index in [0.29, 0.717) is 32.5 Å². The summed E-state index contributed by atoms with van der Waals surface area (Å²) in [4.78, 5) is 29.2. The average Bonchev–Trinajstić information content (AvgIpc) is 3.00. The Morgan fingerprint density at radius 1 is 1.48 bits per heavy atom. The molecule has 1 aromatic heterocycles. The van der Waals surface area contributed by atoms with Crippen molar-refractivity contribution < 1.29 is 14.7 Å². The highest BCUT2D eigenvalue weighted by molar-refractivity contribution is 5.78. The standard InChI is InChI=1S/C14H22N4O3/c1-2-14(12(19)20)4-3-7-18(10-14)13(21)16-6-9-17-8-5-15-11-17/h5,8,11H,2-4,6-7,9-10H2,1H3,(H,16,21)(H,19,20). The summed E-state index contributed by atoms with van der Waals surface area (Å²) in [6, 6.07) is -0.186. The molecule has 116 valence electrons. The Morgan fingerprint density at radius 3 is 2.90 bits per heavy atom. The number of aromatic nitrogens is 2. The molecule has 1 atom stereocenters. The number of carbonyl (C=O) groups excluding carboxylic acids is 1. The second-order valence-corrected chi connectivity index (χ2v) is 5.50. The van der Waals surface area contributed by atoms with Crippen molar-refractivity contribution in [2.75, 3.05) is 19.6 Å². The van der Waals surface area contributed by atoms with Crippen LogP contribution in [0.2, 0.25) is 0 Å². The van der Waals surface area contributed by atoms with E-state index in [9.17, 15) is 14.7 Å². The summed E-state index contributed by atoms with van der Waals surface area (Å²) in [5, 5.41) is 12.3. The molecule has 0 aromatic carbocycles. The third-order valence-electron chi connectivity index (χ3n) is 4.20. The molecule has 1 aliphatic rings. The van der Waals surface area contributed by atoms with Gasteiger partial charge in [-0.15, -0.1) is 0 Å². The van der Waals surface area contributed by atoms with Gasteiger partial charge in [0.15, 0.2) is 0 Å². The first-order valence-corrected chi connectivity index (χ1v) is 7.29. The molecule has 1 unspecified atom stereocenters. The number of likely N-dealkylation sites (tertiary alicyclic amines) is 1. The second-order valence-electron chi connectivity index (χ2n) is 5.50. The maximum Gasteiger partial charge on any atom is 0.317 e. The summed E-state index contributed by atoms with van der Waals surface area (Å²) in [5.41, 5.74) is -0.792. The van der Waals surface area contributed by atoms with Crippen molar-refractivity contribution in [2.24, 2.45) is 5.41 Å². The van der Waals surface area contributed by atoms with Crippen molar-refractivity contribution in [2.45, 2.75) is 32.7 Å². The van der Waals surface area contributed by atoms with Gasteiger partial charge in [0.05, 0.1) is 11.7 Å². The van der Waals surface area contributed by atoms with Crippen LogP contribution in [0.5, 0.6) is 0 Å². The first-order valence-electron chi connectivity index (χ1n) is 7.29. The van der Waals surface area contributed by atoms with Crippen molar-refractivity contribution in [1.29, 1.82) is 0 Å². The number of urea groups is 1. The molecule has 0 aliphatic carbocycles. The molecule has 2 heterocycles. The fraction of sp³-hybridized carbons (Fsp3) is 0.643. The molecular formula is C14H22N4O3. The molecular weight excluding hydrogens is 272 g/mol. The third kappa shape index (κ3) is 3.53. The molecule has 1 fully saturated rings. The molecule has 0 radical (unpaired) electrons. The van der Waals surface area contributed by atoms with Crippen LogP contribution in [0.1, 0.15) is 26.2 Å². The Hall–Kier alpha value is -2.05. The van der Waals surface area contributed by atoms with Gasteiger partial charge in [0.25, 0.3) is 0 Å². The zero-order chi connectivity index (χ0) is 15.3. The van der Waals surface area contributed by atoms with Crippen LogP contribution in [-0.4, -0.2) is 51.2 Å². The van der Waals surface area contributed by atoms with Gasteiger partial charge in [0.2, 0.25) is 0 Å². The molecule has 0 spiro atoms. The number of nitrogens with zero attached hydrogens (tertiary/aromatic N) is 3. The Morgan fingerprint density at radius 2 is 2.29 bits per heavy atom. The van der Waals surface area contributed by atoms with Crippen LogP contribution in [-0.2, 0) is 11.3 Å². The predicted molar refractivity (Wildman–Crippen MR) is 76.8 cm³/mol. The lowest BCUT2D eigenvalue weighted by atomic mass is 9.78. The van der Waals surface area contributed by atoms with Crippen molar-refractivity contribution in [3.63, 3.8) is 0 Å². The van der Waals surface area contributed by atoms with E-state index in [-0.39, 0.29) is 12.6 Å². The van der Waals surface area contributed by atoms with E-state index < -0.39 is 11.4 Å². The van der Waals surface area contributed by atoms with Crippen LogP contribution in [0, 0.1) is 5.41 Å². The number of aliphatic carboxylic acids is 1. The van der Waals surface area contributed by atoms with Crippen LogP contribution >= 0.6 is 0 Å². The van der Waals surface area contributed by atoms with E-state index in [2.05, 4.69) is 10.3 Å². The van der Waals surface area contributed by atoms with Crippen LogP contribution < -0.4 is 5.32 Å². The number of amides is 2. The number of imidazole rings is 1. The summed E-state index contributed by atoms with van der Waals surface area (Å²) in [6.07, 6.45) is 7.13. The zero-order valence-electron chi connectivity index (χ0n) is 12.3. The summed E-state index contributed by atoms with van der Waals surface area (Å²) < 4.78 is 1.88. The number of carboxylic acid groups (broad SMARTS) is 1. The molecule has 2 N–H and O–H groups in total. The van der Waals surface area contributed by atoms with E-state index in [1.165, 1.54) is 0 Å². The van der Waals surface area contributed by atoms with Gasteiger partial charge < -0.3 is 19.9 Å². The molecule has 1 saturated heterocycles.